The highest BCUT2D eigenvalue weighted by molar-refractivity contribution is 6.59. The van der Waals surface area contributed by atoms with Gasteiger partial charge in [-0.3, -0.25) is 9.31 Å². The molecule has 0 saturated heterocycles. The molecule has 0 bridgehead atoms. The van der Waals surface area contributed by atoms with Crippen LogP contribution in [0.3, 0.4) is 0 Å². The molecule has 2 heterocycles. The lowest BCUT2D eigenvalue weighted by Gasteiger charge is -2.13. The summed E-state index contributed by atoms with van der Waals surface area (Å²) in [7, 11) is -1.36. The summed E-state index contributed by atoms with van der Waals surface area (Å²) in [6.45, 7) is 10.5. The summed E-state index contributed by atoms with van der Waals surface area (Å²) in [5, 5.41) is 0. The Labute approximate surface area is 144 Å². The van der Waals surface area contributed by atoms with E-state index in [0.29, 0.717) is 13.0 Å². The summed E-state index contributed by atoms with van der Waals surface area (Å²) < 4.78 is 16.5. The van der Waals surface area contributed by atoms with Crippen molar-refractivity contribution < 1.29 is 4.32 Å². The maximum Gasteiger partial charge on any atom is 0.551 e. The zero-order valence-electron chi connectivity index (χ0n) is 15.2. The van der Waals surface area contributed by atoms with Crippen LogP contribution in [0.4, 0.5) is 4.32 Å². The number of hydrogen-bond donors (Lipinski definition) is 1. The molecular weight excluding hydrogens is 300 g/mol. The van der Waals surface area contributed by atoms with E-state index in [-0.39, 0.29) is 0 Å². The second kappa shape index (κ2) is 7.68. The molecule has 0 amide bonds. The molecule has 2 N–H and O–H groups in total. The minimum Gasteiger partial charge on any atom is -0.348 e. The quantitative estimate of drug-likeness (QED) is 0.510. The Morgan fingerprint density at radius 3 is 2.62 bits per heavy atom. The molecule has 1 aliphatic heterocycles. The van der Waals surface area contributed by atoms with Gasteiger partial charge in [0.05, 0.1) is 5.70 Å². The monoisotopic (exact) mass is 325 g/mol. The van der Waals surface area contributed by atoms with Gasteiger partial charge in [-0.25, -0.2) is 0 Å². The van der Waals surface area contributed by atoms with Crippen molar-refractivity contribution in [2.24, 2.45) is 10.7 Å². The molecule has 1 aliphatic rings. The number of aryl methyl sites for hydroxylation is 2. The molecule has 0 atom stereocenters. The fourth-order valence-electron chi connectivity index (χ4n) is 3.17. The molecule has 0 radical (unpaired) electrons. The molecule has 0 aliphatic carbocycles. The van der Waals surface area contributed by atoms with Crippen molar-refractivity contribution in [2.45, 2.75) is 47.5 Å². The first kappa shape index (κ1) is 18.3. The van der Waals surface area contributed by atoms with Crippen LogP contribution in [0.1, 0.15) is 50.6 Å². The number of aromatic nitrogens is 1. The highest BCUT2D eigenvalue weighted by atomic mass is 19.1. The van der Waals surface area contributed by atoms with E-state index in [4.69, 9.17) is 5.73 Å². The second-order valence-corrected chi connectivity index (χ2v) is 6.29. The average Bonchev–Trinajstić information content (AvgIpc) is 3.01. The van der Waals surface area contributed by atoms with E-state index in [1.807, 2.05) is 46.8 Å². The number of nitrogens with two attached hydrogens (primary N) is 1. The van der Waals surface area contributed by atoms with Crippen molar-refractivity contribution >= 4 is 18.4 Å². The molecular formula is C19H25BFN3. The van der Waals surface area contributed by atoms with E-state index in [2.05, 4.69) is 16.7 Å². The van der Waals surface area contributed by atoms with Crippen molar-refractivity contribution in [1.29, 1.82) is 0 Å². The van der Waals surface area contributed by atoms with Crippen molar-refractivity contribution in [1.82, 2.24) is 4.48 Å². The van der Waals surface area contributed by atoms with E-state index in [0.717, 1.165) is 45.9 Å². The number of allylic oxidation sites excluding steroid dienone is 3. The standard InChI is InChI=1S/C19H25BFN3/c1-13-11-15(3)23-18(13)17(5)19-14(2)12-16(4)24(19)20(21)9-7-6-8-10-22/h11-12H,6,8,10,22H2,1-5H3/b18-17-. The van der Waals surface area contributed by atoms with E-state index >= 15 is 0 Å². The molecule has 2 rings (SSSR count). The van der Waals surface area contributed by atoms with Gasteiger partial charge in [-0.15, -0.1) is 5.92 Å². The zero-order chi connectivity index (χ0) is 17.9. The number of aliphatic imine (C=N–C) groups is 1. The third-order valence-corrected chi connectivity index (χ3v) is 4.17. The van der Waals surface area contributed by atoms with Crippen molar-refractivity contribution in [3.05, 3.63) is 40.4 Å². The Balaban J connectivity index is 2.47. The van der Waals surface area contributed by atoms with E-state index in [1.165, 1.54) is 0 Å². The first-order valence-corrected chi connectivity index (χ1v) is 8.33. The van der Waals surface area contributed by atoms with Crippen LogP contribution in [-0.2, 0) is 0 Å². The Bertz CT molecular complexity index is 788. The van der Waals surface area contributed by atoms with Crippen LogP contribution in [-0.4, -0.2) is 23.9 Å². The van der Waals surface area contributed by atoms with Gasteiger partial charge in [0.1, 0.15) is 0 Å². The maximum absolute atomic E-state index is 14.8. The third-order valence-electron chi connectivity index (χ3n) is 4.17. The minimum absolute atomic E-state index is 0.576. The molecule has 5 heteroatoms. The molecule has 24 heavy (non-hydrogen) atoms. The summed E-state index contributed by atoms with van der Waals surface area (Å²) >= 11 is 0. The Morgan fingerprint density at radius 2 is 2.04 bits per heavy atom. The Morgan fingerprint density at radius 1 is 1.33 bits per heavy atom. The van der Waals surface area contributed by atoms with Crippen LogP contribution in [0.2, 0.25) is 0 Å². The largest absolute Gasteiger partial charge is 0.551 e. The van der Waals surface area contributed by atoms with Crippen molar-refractivity contribution in [2.75, 3.05) is 6.54 Å². The molecule has 0 spiro atoms. The predicted octanol–water partition coefficient (Wildman–Crippen LogP) is 3.84. The minimum atomic E-state index is -1.36. The van der Waals surface area contributed by atoms with Gasteiger partial charge in [-0.2, -0.15) is 0 Å². The van der Waals surface area contributed by atoms with Crippen molar-refractivity contribution in [3.63, 3.8) is 0 Å². The van der Waals surface area contributed by atoms with Crippen LogP contribution >= 0.6 is 0 Å². The molecule has 1 aromatic rings. The van der Waals surface area contributed by atoms with Gasteiger partial charge in [0, 0.05) is 23.5 Å². The second-order valence-electron chi connectivity index (χ2n) is 6.29. The fraction of sp³-hybridized carbons (Fsp3) is 0.421. The van der Waals surface area contributed by atoms with Gasteiger partial charge in [0.2, 0.25) is 0 Å². The summed E-state index contributed by atoms with van der Waals surface area (Å²) in [6, 6.07) is 2.00. The maximum atomic E-state index is 14.8. The lowest BCUT2D eigenvalue weighted by Crippen LogP contribution is -2.21. The van der Waals surface area contributed by atoms with Gasteiger partial charge in [-0.05, 0) is 76.4 Å². The van der Waals surface area contributed by atoms with Gasteiger partial charge in [-0.1, -0.05) is 5.82 Å². The Hall–Kier alpha value is -2.06. The van der Waals surface area contributed by atoms with Gasteiger partial charge < -0.3 is 10.2 Å². The molecule has 0 unspecified atom stereocenters. The van der Waals surface area contributed by atoms with E-state index < -0.39 is 7.12 Å². The van der Waals surface area contributed by atoms with E-state index in [9.17, 15) is 4.32 Å². The number of unbranched alkanes of at least 4 members (excludes halogenated alkanes) is 1. The lowest BCUT2D eigenvalue weighted by molar-refractivity contribution is 0.801. The average molecular weight is 325 g/mol. The molecule has 0 aromatic carbocycles. The number of halogens is 1. The smallest absolute Gasteiger partial charge is 0.348 e. The topological polar surface area (TPSA) is 43.3 Å². The zero-order valence-corrected chi connectivity index (χ0v) is 15.2. The normalized spacial score (nSPS) is 15.6. The molecule has 3 nitrogen and oxygen atoms in total. The highest BCUT2D eigenvalue weighted by Crippen LogP contribution is 2.31. The first-order valence-electron chi connectivity index (χ1n) is 8.33. The summed E-state index contributed by atoms with van der Waals surface area (Å²) in [5.41, 5.74) is 12.2. The van der Waals surface area contributed by atoms with Gasteiger partial charge in [0.25, 0.3) is 0 Å². The van der Waals surface area contributed by atoms with E-state index in [1.54, 1.807) is 4.48 Å². The van der Waals surface area contributed by atoms with Gasteiger partial charge in [0.15, 0.2) is 0 Å². The SMILES string of the molecule is CC1=CC(C)=N/C1=C(/C)c1c(C)cc(C)n1B(F)C#CCCCN. The lowest BCUT2D eigenvalue weighted by atomic mass is 9.86. The van der Waals surface area contributed by atoms with Crippen LogP contribution in [0.5, 0.6) is 0 Å². The Kier molecular flexibility index (Phi) is 5.85. The number of nitrogens with zero attached hydrogens (tertiary/aromatic N) is 2. The summed E-state index contributed by atoms with van der Waals surface area (Å²) in [4.78, 5) is 4.60. The van der Waals surface area contributed by atoms with Crippen LogP contribution in [0.25, 0.3) is 5.57 Å². The first-order chi connectivity index (χ1) is 11.4. The molecule has 1 aromatic heterocycles. The summed E-state index contributed by atoms with van der Waals surface area (Å²) in [5.74, 6) is 5.60. The number of hydrogen-bond acceptors (Lipinski definition) is 2. The third kappa shape index (κ3) is 3.71. The molecule has 0 fully saturated rings. The van der Waals surface area contributed by atoms with Crippen LogP contribution in [0.15, 0.2) is 28.4 Å². The van der Waals surface area contributed by atoms with Crippen LogP contribution < -0.4 is 5.73 Å². The van der Waals surface area contributed by atoms with Gasteiger partial charge >= 0.3 is 7.12 Å². The molecule has 126 valence electrons. The van der Waals surface area contributed by atoms with Crippen molar-refractivity contribution in [3.8, 4) is 11.7 Å². The van der Waals surface area contributed by atoms with Crippen LogP contribution in [0, 0.1) is 25.6 Å². The predicted molar refractivity (Wildman–Crippen MR) is 102 cm³/mol. The molecule has 0 saturated carbocycles. The summed E-state index contributed by atoms with van der Waals surface area (Å²) in [6.07, 6.45) is 3.46. The number of rotatable bonds is 4. The fourth-order valence-corrected chi connectivity index (χ4v) is 3.17. The highest BCUT2D eigenvalue weighted by Gasteiger charge is 2.24.